The zero-order chi connectivity index (χ0) is 56.6. The largest absolute Gasteiger partial charge is 0.459 e. The number of halogens is 1. The maximum Gasteiger partial charge on any atom is 0.309 e. The number of nitrogens with one attached hydrogen (secondary N) is 1. The van der Waals surface area contributed by atoms with Gasteiger partial charge < -0.3 is 74.6 Å². The molecule has 0 radical (unpaired) electrons. The molecule has 2 aromatic rings. The molecule has 1 unspecified atom stereocenters. The van der Waals surface area contributed by atoms with Gasteiger partial charge in [-0.25, -0.2) is 14.4 Å². The number of nitrogens with zero attached hydrogens (tertiary/aromatic N) is 4. The maximum absolute atomic E-state index is 14.8. The van der Waals surface area contributed by atoms with E-state index in [-0.39, 0.29) is 44.9 Å². The van der Waals surface area contributed by atoms with Crippen molar-refractivity contribution in [1.29, 1.82) is 0 Å². The fourth-order valence-corrected chi connectivity index (χ4v) is 12.0. The van der Waals surface area contributed by atoms with E-state index < -0.39 is 138 Å². The van der Waals surface area contributed by atoms with Crippen LogP contribution in [0.25, 0.3) is 11.1 Å². The Balaban J connectivity index is 1.46. The van der Waals surface area contributed by atoms with E-state index in [2.05, 4.69) is 15.3 Å². The summed E-state index contributed by atoms with van der Waals surface area (Å²) in [6, 6.07) is 4.90. The van der Waals surface area contributed by atoms with Gasteiger partial charge in [0.2, 0.25) is 11.9 Å². The van der Waals surface area contributed by atoms with Gasteiger partial charge in [-0.2, -0.15) is 0 Å². The molecule has 3 saturated heterocycles. The molecule has 430 valence electrons. The number of nitrogens with two attached hydrogens (primary N) is 1. The van der Waals surface area contributed by atoms with Gasteiger partial charge in [-0.15, -0.1) is 0 Å². The second-order valence-corrected chi connectivity index (χ2v) is 22.3. The Labute approximate surface area is 448 Å². The number of aliphatic hydroxyl groups is 5. The Bertz CT molecular complexity index is 2200. The zero-order valence-electron chi connectivity index (χ0n) is 47.1. The second kappa shape index (κ2) is 26.9. The lowest BCUT2D eigenvalue weighted by Gasteiger charge is -2.52. The fourth-order valence-electron chi connectivity index (χ4n) is 12.0. The molecule has 1 aromatic heterocycles. The summed E-state index contributed by atoms with van der Waals surface area (Å²) in [5.41, 5.74) is 3.70. The Morgan fingerprint density at radius 1 is 0.947 bits per heavy atom. The molecule has 0 saturated carbocycles. The molecule has 20 atom stereocenters. The van der Waals surface area contributed by atoms with Crippen molar-refractivity contribution in [1.82, 2.24) is 20.2 Å². The highest BCUT2D eigenvalue weighted by Gasteiger charge is 2.56. The first-order chi connectivity index (χ1) is 35.7. The van der Waals surface area contributed by atoms with Crippen molar-refractivity contribution in [2.75, 3.05) is 54.1 Å². The smallest absolute Gasteiger partial charge is 0.309 e. The molecule has 3 aliphatic heterocycles. The Morgan fingerprint density at radius 3 is 2.16 bits per heavy atom. The third-order valence-corrected chi connectivity index (χ3v) is 16.8. The third kappa shape index (κ3) is 14.3. The van der Waals surface area contributed by atoms with E-state index in [1.807, 2.05) is 32.6 Å². The molecule has 1 aromatic carbocycles. The van der Waals surface area contributed by atoms with Gasteiger partial charge in [0.05, 0.1) is 53.7 Å². The first-order valence-electron chi connectivity index (χ1n) is 26.7. The molecule has 3 aliphatic rings. The standard InChI is InChI=1S/C55H89FN6O14/c1-15-41-55(10,69)47(66)33(6)44(60-28-70-12)29(2)23-54(9,72-14)49(31(4)43(32(5)50(68)75-41)40-24-53(8,71-13)48(67)34(7)74-40)76-51-46(65)39(22-30(3)73-51)62(11)21-20-42(63)61-38(25-56)45(64)36-18-16-35(17-19-36)37-26-58-52(57)59-27-37/h16-19,26-27,29-34,38-41,43,45-49,51,64-67,69H,15,20-25,28H2,1-14H3,(H,61,63)(H2,57,58,59)/b60-44-/t29-,30-,31+,32-,33+,34+,38-,39+,40?,41-,43+,45-,46-,47-,48+,49-,51+,53-,54-,55-/m1/s1. The average molecular weight is 1080 g/mol. The van der Waals surface area contributed by atoms with Crippen molar-refractivity contribution >= 4 is 23.5 Å². The fraction of sp³-hybridized carbons (Fsp3) is 0.764. The molecule has 0 spiro atoms. The Kier molecular flexibility index (Phi) is 22.3. The van der Waals surface area contributed by atoms with Crippen LogP contribution in [0.15, 0.2) is 41.7 Å². The van der Waals surface area contributed by atoms with Gasteiger partial charge >= 0.3 is 5.97 Å². The van der Waals surface area contributed by atoms with Gasteiger partial charge in [0.1, 0.15) is 43.4 Å². The van der Waals surface area contributed by atoms with Crippen LogP contribution in [0, 0.1) is 29.6 Å². The molecule has 1 amide bonds. The number of aliphatic hydroxyl groups excluding tert-OH is 4. The Hall–Kier alpha value is -3.84. The zero-order valence-corrected chi connectivity index (χ0v) is 47.1. The molecule has 5 rings (SSSR count). The van der Waals surface area contributed by atoms with Crippen LogP contribution in [-0.2, 0) is 42.7 Å². The summed E-state index contributed by atoms with van der Waals surface area (Å²) in [5.74, 6) is -4.64. The number of ether oxygens (including phenoxy) is 7. The van der Waals surface area contributed by atoms with E-state index in [0.29, 0.717) is 23.3 Å². The van der Waals surface area contributed by atoms with Gasteiger partial charge in [0.25, 0.3) is 0 Å². The van der Waals surface area contributed by atoms with Crippen molar-refractivity contribution in [3.05, 3.63) is 42.2 Å². The number of likely N-dealkylation sites (N-methyl/N-ethyl adjacent to an activating group) is 1. The summed E-state index contributed by atoms with van der Waals surface area (Å²) >= 11 is 0. The van der Waals surface area contributed by atoms with E-state index in [0.717, 1.165) is 5.56 Å². The number of cyclic esters (lactones) is 1. The topological polar surface area (TPSA) is 279 Å². The van der Waals surface area contributed by atoms with E-state index in [1.165, 1.54) is 21.1 Å². The van der Waals surface area contributed by atoms with Crippen molar-refractivity contribution in [3.63, 3.8) is 0 Å². The highest BCUT2D eigenvalue weighted by molar-refractivity contribution is 5.89. The molecular formula is C55H89FN6O14. The van der Waals surface area contributed by atoms with E-state index >= 15 is 0 Å². The monoisotopic (exact) mass is 1080 g/mol. The van der Waals surface area contributed by atoms with E-state index in [4.69, 9.17) is 43.9 Å². The second-order valence-electron chi connectivity index (χ2n) is 22.3. The highest BCUT2D eigenvalue weighted by Crippen LogP contribution is 2.46. The number of aliphatic imine (C=N–C) groups is 1. The number of alkyl halides is 1. The third-order valence-electron chi connectivity index (χ3n) is 16.8. The number of carbonyl (C=O) groups is 2. The number of anilines is 1. The molecule has 4 heterocycles. The SMILES string of the molecule is CC[C@H]1OC(=O)[C@H](C)[C@@H](C2C[C@@](C)(OC)[C@@H](O)[C@H](C)O2)[C@H](C)[C@@H](O[C@@H]2O[C@H](C)C[C@H](N(C)CCC(=O)N[C@H](CF)[C@H](O)c3ccc(-c4cnc(N)nc4)cc3)[C@H]2O)[C@](C)(OC)C[C@@H](C)/C(=N/COC)[C@H](C)[C@@H](O)[C@]1(C)O. The number of aromatic nitrogens is 2. The molecule has 0 bridgehead atoms. The number of esters is 1. The average Bonchev–Trinajstić information content (AvgIpc) is 3.39. The van der Waals surface area contributed by atoms with Crippen LogP contribution in [0.1, 0.15) is 113 Å². The van der Waals surface area contributed by atoms with Crippen molar-refractivity contribution in [2.45, 2.75) is 191 Å². The minimum absolute atomic E-state index is 0.0429. The van der Waals surface area contributed by atoms with Crippen LogP contribution in [0.4, 0.5) is 10.3 Å². The number of carbonyl (C=O) groups excluding carboxylic acids is 2. The minimum Gasteiger partial charge on any atom is -0.459 e. The predicted octanol–water partition coefficient (Wildman–Crippen LogP) is 4.18. The number of rotatable bonds is 17. The first-order valence-corrected chi connectivity index (χ1v) is 26.7. The Morgan fingerprint density at radius 2 is 1.58 bits per heavy atom. The predicted molar refractivity (Wildman–Crippen MR) is 282 cm³/mol. The maximum atomic E-state index is 14.8. The molecule has 21 heteroatoms. The van der Waals surface area contributed by atoms with Crippen LogP contribution >= 0.6 is 0 Å². The van der Waals surface area contributed by atoms with E-state index in [1.54, 1.807) is 85.4 Å². The number of benzene rings is 1. The summed E-state index contributed by atoms with van der Waals surface area (Å²) < 4.78 is 58.9. The number of amides is 1. The molecule has 8 N–H and O–H groups in total. The molecule has 76 heavy (non-hydrogen) atoms. The summed E-state index contributed by atoms with van der Waals surface area (Å²) in [5, 5.41) is 61.7. The van der Waals surface area contributed by atoms with Crippen LogP contribution in [-0.4, -0.2) is 190 Å². The van der Waals surface area contributed by atoms with E-state index in [9.17, 15) is 39.5 Å². The van der Waals surface area contributed by atoms with Crippen LogP contribution in [0.5, 0.6) is 0 Å². The van der Waals surface area contributed by atoms with Gasteiger partial charge in [-0.05, 0) is 83.9 Å². The number of methoxy groups -OCH3 is 3. The van der Waals surface area contributed by atoms with Crippen LogP contribution in [0.2, 0.25) is 0 Å². The van der Waals surface area contributed by atoms with Gasteiger partial charge in [-0.1, -0.05) is 58.9 Å². The normalized spacial score (nSPS) is 38.5. The van der Waals surface area contributed by atoms with Crippen molar-refractivity contribution in [3.8, 4) is 11.1 Å². The lowest BCUT2D eigenvalue weighted by molar-refractivity contribution is -0.305. The quantitative estimate of drug-likeness (QED) is 0.109. The molecule has 20 nitrogen and oxygen atoms in total. The van der Waals surface area contributed by atoms with Gasteiger partial charge in [-0.3, -0.25) is 14.6 Å². The van der Waals surface area contributed by atoms with Crippen molar-refractivity contribution in [2.24, 2.45) is 34.6 Å². The minimum atomic E-state index is -1.92. The molecule has 0 aliphatic carbocycles. The first kappa shape index (κ1) is 63.0. The lowest BCUT2D eigenvalue weighted by Crippen LogP contribution is -2.62. The summed E-state index contributed by atoms with van der Waals surface area (Å²) in [4.78, 5) is 42.8. The molecule has 3 fully saturated rings. The number of hydrogen-bond donors (Lipinski definition) is 7. The number of hydrogen-bond acceptors (Lipinski definition) is 19. The van der Waals surface area contributed by atoms with Gasteiger partial charge in [0, 0.05) is 82.3 Å². The molecular weight excluding hydrogens is 988 g/mol. The number of nitrogen functional groups attached to an aromatic ring is 1. The highest BCUT2D eigenvalue weighted by atomic mass is 19.1. The summed E-state index contributed by atoms with van der Waals surface area (Å²) in [7, 11) is 6.33. The van der Waals surface area contributed by atoms with Crippen LogP contribution < -0.4 is 11.1 Å². The van der Waals surface area contributed by atoms with Crippen molar-refractivity contribution < 1.29 is 72.7 Å². The summed E-state index contributed by atoms with van der Waals surface area (Å²) in [6.45, 7) is 16.9. The lowest BCUT2D eigenvalue weighted by atomic mass is 9.67. The summed E-state index contributed by atoms with van der Waals surface area (Å²) in [6.07, 6.45) is -6.55. The van der Waals surface area contributed by atoms with Crippen LogP contribution in [0.3, 0.4) is 0 Å². The van der Waals surface area contributed by atoms with Gasteiger partial charge in [0.15, 0.2) is 6.29 Å².